The minimum absolute atomic E-state index is 0. The van der Waals surface area contributed by atoms with Crippen LogP contribution >= 0.6 is 12.4 Å². The van der Waals surface area contributed by atoms with Crippen LogP contribution in [0.2, 0.25) is 0 Å². The van der Waals surface area contributed by atoms with Crippen LogP contribution in [0.1, 0.15) is 46.9 Å². The van der Waals surface area contributed by atoms with Gasteiger partial charge >= 0.3 is 23.9 Å². The topological polar surface area (TPSA) is 193 Å². The highest BCUT2D eigenvalue weighted by atomic mass is 35.5. The molecule has 2 rings (SSSR count). The van der Waals surface area contributed by atoms with Crippen molar-refractivity contribution in [1.29, 1.82) is 0 Å². The SMILES string of the molecule is CC(=O)Oc1ccccc1C(=O)OCOC(=O)c1ccc(OCCCO[N+](=O)[O-])c(OC(=O)CCCN)c1.Cl. The molecule has 2 N–H and O–H groups in total. The third kappa shape index (κ3) is 11.7. The van der Waals surface area contributed by atoms with Crippen molar-refractivity contribution in [3.8, 4) is 17.2 Å². The highest BCUT2D eigenvalue weighted by Crippen LogP contribution is 2.29. The van der Waals surface area contributed by atoms with Gasteiger partial charge in [-0.3, -0.25) is 9.59 Å². The Morgan fingerprint density at radius 2 is 1.62 bits per heavy atom. The number of nitrogens with zero attached hydrogens (tertiary/aromatic N) is 1. The highest BCUT2D eigenvalue weighted by Gasteiger charge is 2.18. The van der Waals surface area contributed by atoms with Gasteiger partial charge in [-0.2, -0.15) is 0 Å². The molecule has 0 aliphatic rings. The van der Waals surface area contributed by atoms with Crippen molar-refractivity contribution in [2.75, 3.05) is 26.6 Å². The van der Waals surface area contributed by atoms with Crippen molar-refractivity contribution >= 4 is 36.3 Å². The number of nitrogens with two attached hydrogens (primary N) is 1. The van der Waals surface area contributed by atoms with E-state index in [0.717, 1.165) is 0 Å². The van der Waals surface area contributed by atoms with Crippen molar-refractivity contribution in [2.45, 2.75) is 26.2 Å². The molecule has 0 aromatic heterocycles. The first-order valence-electron chi connectivity index (χ1n) is 11.3. The zero-order chi connectivity index (χ0) is 27.9. The molecule has 15 heteroatoms. The fourth-order valence-electron chi connectivity index (χ4n) is 2.81. The van der Waals surface area contributed by atoms with E-state index in [1.807, 2.05) is 0 Å². The van der Waals surface area contributed by atoms with Gasteiger partial charge in [0.2, 0.25) is 6.79 Å². The van der Waals surface area contributed by atoms with Gasteiger partial charge in [0.05, 0.1) is 18.8 Å². The molecule has 2 aromatic rings. The van der Waals surface area contributed by atoms with Gasteiger partial charge in [0.15, 0.2) is 11.5 Å². The van der Waals surface area contributed by atoms with E-state index in [0.29, 0.717) is 6.42 Å². The molecule has 0 heterocycles. The monoisotopic (exact) mass is 570 g/mol. The number of hydrogen-bond donors (Lipinski definition) is 1. The molecule has 39 heavy (non-hydrogen) atoms. The van der Waals surface area contributed by atoms with E-state index in [9.17, 15) is 29.3 Å². The van der Waals surface area contributed by atoms with Crippen LogP contribution in [-0.2, 0) is 23.9 Å². The molecule has 14 nitrogen and oxygen atoms in total. The zero-order valence-electron chi connectivity index (χ0n) is 20.8. The minimum Gasteiger partial charge on any atom is -0.490 e. The van der Waals surface area contributed by atoms with E-state index in [2.05, 4.69) is 4.84 Å². The van der Waals surface area contributed by atoms with Crippen LogP contribution in [0, 0.1) is 10.1 Å². The molecule has 0 fully saturated rings. The number of hydrogen-bond acceptors (Lipinski definition) is 13. The van der Waals surface area contributed by atoms with Crippen LogP contribution in [0.5, 0.6) is 17.2 Å². The number of ether oxygens (including phenoxy) is 5. The lowest BCUT2D eigenvalue weighted by Crippen LogP contribution is -2.15. The summed E-state index contributed by atoms with van der Waals surface area (Å²) in [4.78, 5) is 62.6. The predicted molar refractivity (Wildman–Crippen MR) is 134 cm³/mol. The summed E-state index contributed by atoms with van der Waals surface area (Å²) < 4.78 is 25.7. The molecule has 0 bridgehead atoms. The van der Waals surface area contributed by atoms with E-state index < -0.39 is 35.8 Å². The molecule has 0 atom stereocenters. The highest BCUT2D eigenvalue weighted by molar-refractivity contribution is 5.94. The van der Waals surface area contributed by atoms with E-state index >= 15 is 0 Å². The van der Waals surface area contributed by atoms with Crippen LogP contribution in [0.3, 0.4) is 0 Å². The zero-order valence-corrected chi connectivity index (χ0v) is 21.6. The first kappa shape index (κ1) is 32.6. The summed E-state index contributed by atoms with van der Waals surface area (Å²) in [5.41, 5.74) is 5.31. The lowest BCUT2D eigenvalue weighted by Gasteiger charge is -2.13. The number of para-hydroxylation sites is 1. The number of halogens is 1. The smallest absolute Gasteiger partial charge is 0.344 e. The van der Waals surface area contributed by atoms with Gasteiger partial charge in [0.1, 0.15) is 11.3 Å². The molecule has 0 spiro atoms. The molecule has 0 aliphatic heterocycles. The summed E-state index contributed by atoms with van der Waals surface area (Å²) in [5.74, 6) is -3.07. The van der Waals surface area contributed by atoms with Crippen LogP contribution in [0.25, 0.3) is 0 Å². The molecule has 0 unspecified atom stereocenters. The van der Waals surface area contributed by atoms with Crippen molar-refractivity contribution in [2.24, 2.45) is 5.73 Å². The van der Waals surface area contributed by atoms with Crippen molar-refractivity contribution in [3.05, 3.63) is 63.7 Å². The Morgan fingerprint density at radius 3 is 2.31 bits per heavy atom. The summed E-state index contributed by atoms with van der Waals surface area (Å²) in [7, 11) is 0. The molecule has 0 saturated carbocycles. The fourth-order valence-corrected chi connectivity index (χ4v) is 2.81. The average Bonchev–Trinajstić information content (AvgIpc) is 2.87. The number of benzene rings is 2. The van der Waals surface area contributed by atoms with Crippen LogP contribution in [-0.4, -0.2) is 55.5 Å². The van der Waals surface area contributed by atoms with E-state index in [-0.39, 0.29) is 73.4 Å². The van der Waals surface area contributed by atoms with Gasteiger partial charge in [0.25, 0.3) is 5.09 Å². The second-order valence-electron chi connectivity index (χ2n) is 7.36. The Bertz CT molecular complexity index is 1160. The lowest BCUT2D eigenvalue weighted by atomic mass is 10.2. The Hall–Kier alpha value is -4.43. The third-order valence-corrected chi connectivity index (χ3v) is 4.47. The average molecular weight is 571 g/mol. The Balaban J connectivity index is 0.00000760. The number of esters is 4. The Labute approximate surface area is 228 Å². The molecule has 2 aromatic carbocycles. The van der Waals surface area contributed by atoms with Gasteiger partial charge < -0.3 is 34.3 Å². The predicted octanol–water partition coefficient (Wildman–Crippen LogP) is 2.63. The van der Waals surface area contributed by atoms with Crippen LogP contribution in [0.4, 0.5) is 0 Å². The van der Waals surface area contributed by atoms with Crippen LogP contribution in [0.15, 0.2) is 42.5 Å². The molecular weight excluding hydrogens is 544 g/mol. The first-order chi connectivity index (χ1) is 18.2. The van der Waals surface area contributed by atoms with Gasteiger partial charge in [-0.15, -0.1) is 22.5 Å². The molecule has 0 aliphatic carbocycles. The lowest BCUT2D eigenvalue weighted by molar-refractivity contribution is -0.757. The summed E-state index contributed by atoms with van der Waals surface area (Å²) in [5, 5.41) is 9.29. The van der Waals surface area contributed by atoms with Gasteiger partial charge in [-0.05, 0) is 43.3 Å². The number of carbonyl (C=O) groups excluding carboxylic acids is 4. The molecule has 0 radical (unpaired) electrons. The van der Waals surface area contributed by atoms with E-state index in [4.69, 9.17) is 29.4 Å². The second-order valence-corrected chi connectivity index (χ2v) is 7.36. The van der Waals surface area contributed by atoms with Crippen molar-refractivity contribution in [1.82, 2.24) is 0 Å². The Morgan fingerprint density at radius 1 is 0.897 bits per heavy atom. The Kier molecular flexibility index (Phi) is 14.3. The molecule has 212 valence electrons. The molecular formula is C24H27ClN2O12. The van der Waals surface area contributed by atoms with E-state index in [1.54, 1.807) is 6.07 Å². The summed E-state index contributed by atoms with van der Waals surface area (Å²) in [6, 6.07) is 9.73. The van der Waals surface area contributed by atoms with Gasteiger partial charge in [-0.1, -0.05) is 12.1 Å². The summed E-state index contributed by atoms with van der Waals surface area (Å²) in [6.07, 6.45) is 0.560. The third-order valence-electron chi connectivity index (χ3n) is 4.47. The quantitative estimate of drug-likeness (QED) is 0.0820. The van der Waals surface area contributed by atoms with Crippen molar-refractivity contribution < 1.29 is 52.8 Å². The van der Waals surface area contributed by atoms with Gasteiger partial charge in [-0.25, -0.2) is 9.59 Å². The number of rotatable bonds is 15. The maximum Gasteiger partial charge on any atom is 0.344 e. The molecule has 0 amide bonds. The minimum atomic E-state index is -0.930. The maximum atomic E-state index is 12.5. The van der Waals surface area contributed by atoms with Crippen LogP contribution < -0.4 is 19.9 Å². The van der Waals surface area contributed by atoms with Crippen molar-refractivity contribution in [3.63, 3.8) is 0 Å². The molecule has 0 saturated heterocycles. The summed E-state index contributed by atoms with van der Waals surface area (Å²) >= 11 is 0. The summed E-state index contributed by atoms with van der Waals surface area (Å²) in [6.45, 7) is 0.481. The fraction of sp³-hybridized carbons (Fsp3) is 0.333. The standard InChI is InChI=1S/C24H26N2O12.ClH/c1-16(27)37-19-7-3-2-6-18(19)24(30)35-15-34-23(29)17-9-10-20(33-12-5-13-36-26(31)32)21(14-17)38-22(28)8-4-11-25;/h2-3,6-7,9-10,14H,4-5,8,11-13,15,25H2,1H3;1H. The second kappa shape index (κ2) is 17.1. The largest absolute Gasteiger partial charge is 0.490 e. The maximum absolute atomic E-state index is 12.5. The van der Waals surface area contributed by atoms with E-state index in [1.165, 1.54) is 43.3 Å². The normalized spacial score (nSPS) is 9.90. The number of carbonyl (C=O) groups is 4. The first-order valence-corrected chi connectivity index (χ1v) is 11.3. The van der Waals surface area contributed by atoms with Gasteiger partial charge in [0, 0.05) is 19.8 Å².